The molecule has 1 amide bonds. The molecule has 0 radical (unpaired) electrons. The number of methoxy groups -OCH3 is 1. The van der Waals surface area contributed by atoms with Crippen molar-refractivity contribution in [1.29, 1.82) is 0 Å². The van der Waals surface area contributed by atoms with E-state index >= 15 is 0 Å². The highest BCUT2D eigenvalue weighted by Crippen LogP contribution is 2.19. The Morgan fingerprint density at radius 1 is 1.07 bits per heavy atom. The molecule has 0 aromatic heterocycles. The summed E-state index contributed by atoms with van der Waals surface area (Å²) in [6.45, 7) is 2.95. The first-order valence-corrected chi connectivity index (χ1v) is 9.92. The predicted octanol–water partition coefficient (Wildman–Crippen LogP) is 2.91. The number of hydrogen-bond donors (Lipinski definition) is 2. The lowest BCUT2D eigenvalue weighted by atomic mass is 10.1. The van der Waals surface area contributed by atoms with Crippen molar-refractivity contribution in [2.24, 2.45) is 5.92 Å². The van der Waals surface area contributed by atoms with E-state index < -0.39 is 21.8 Å². The molecule has 27 heavy (non-hydrogen) atoms. The maximum Gasteiger partial charge on any atom is 0.233 e. The molecule has 2 rings (SSSR count). The molecule has 1 atom stereocenters. The first kappa shape index (κ1) is 20.4. The summed E-state index contributed by atoms with van der Waals surface area (Å²) in [6.07, 6.45) is 0. The quantitative estimate of drug-likeness (QED) is 0.675. The van der Waals surface area contributed by atoms with Gasteiger partial charge in [-0.2, -0.15) is 0 Å². The van der Waals surface area contributed by atoms with Gasteiger partial charge in [0.05, 0.1) is 24.5 Å². The van der Waals surface area contributed by atoms with Crippen molar-refractivity contribution in [3.8, 4) is 5.75 Å². The molecule has 0 saturated heterocycles. The van der Waals surface area contributed by atoms with Gasteiger partial charge in [0, 0.05) is 17.3 Å². The molecule has 0 saturated carbocycles. The van der Waals surface area contributed by atoms with Gasteiger partial charge in [-0.1, -0.05) is 25.1 Å². The fourth-order valence-electron chi connectivity index (χ4n) is 2.39. The molecule has 7 nitrogen and oxygen atoms in total. The molecule has 8 heteroatoms. The lowest BCUT2D eigenvalue weighted by Crippen LogP contribution is -2.29. The summed E-state index contributed by atoms with van der Waals surface area (Å²) in [6, 6.07) is 13.0. The molecular formula is C19H22N2O5S. The SMILES string of the molecule is COc1cccc(NS(=O)(=O)CC(C)C(=O)Nc2cccc(C(C)=O)c2)c1. The highest BCUT2D eigenvalue weighted by atomic mass is 32.2. The zero-order valence-electron chi connectivity index (χ0n) is 15.4. The van der Waals surface area contributed by atoms with Crippen molar-refractivity contribution < 1.29 is 22.7 Å². The first-order valence-electron chi connectivity index (χ1n) is 8.26. The van der Waals surface area contributed by atoms with Crippen LogP contribution in [0.3, 0.4) is 0 Å². The van der Waals surface area contributed by atoms with E-state index in [0.717, 1.165) is 0 Å². The number of sulfonamides is 1. The molecule has 0 aliphatic carbocycles. The molecule has 2 aromatic rings. The maximum atomic E-state index is 12.3. The van der Waals surface area contributed by atoms with Crippen molar-refractivity contribution >= 4 is 33.1 Å². The van der Waals surface area contributed by atoms with Crippen molar-refractivity contribution in [2.75, 3.05) is 22.9 Å². The molecule has 0 aliphatic rings. The van der Waals surface area contributed by atoms with Crippen LogP contribution in [-0.4, -0.2) is 33.0 Å². The second-order valence-electron chi connectivity index (χ2n) is 6.14. The molecular weight excluding hydrogens is 368 g/mol. The van der Waals surface area contributed by atoms with Gasteiger partial charge in [-0.3, -0.25) is 14.3 Å². The highest BCUT2D eigenvalue weighted by molar-refractivity contribution is 7.92. The van der Waals surface area contributed by atoms with E-state index in [4.69, 9.17) is 4.74 Å². The van der Waals surface area contributed by atoms with E-state index in [1.165, 1.54) is 21.0 Å². The number of ether oxygens (including phenoxy) is 1. The number of carbonyl (C=O) groups excluding carboxylic acids is 2. The third-order valence-electron chi connectivity index (χ3n) is 3.80. The monoisotopic (exact) mass is 390 g/mol. The second kappa shape index (κ2) is 8.68. The van der Waals surface area contributed by atoms with E-state index in [-0.39, 0.29) is 11.5 Å². The summed E-state index contributed by atoms with van der Waals surface area (Å²) in [4.78, 5) is 23.7. The van der Waals surface area contributed by atoms with Gasteiger partial charge < -0.3 is 10.1 Å². The summed E-state index contributed by atoms with van der Waals surface area (Å²) < 4.78 is 32.2. The Morgan fingerprint density at radius 2 is 1.74 bits per heavy atom. The van der Waals surface area contributed by atoms with E-state index in [2.05, 4.69) is 10.0 Å². The molecule has 0 fully saturated rings. The van der Waals surface area contributed by atoms with Gasteiger partial charge >= 0.3 is 0 Å². The normalized spacial score (nSPS) is 12.1. The fraction of sp³-hybridized carbons (Fsp3) is 0.263. The standard InChI is InChI=1S/C19H22N2O5S/c1-13(19(23)20-16-7-4-6-15(10-16)14(2)22)12-27(24,25)21-17-8-5-9-18(11-17)26-3/h4-11,13,21H,12H2,1-3H3,(H,20,23). The third-order valence-corrected chi connectivity index (χ3v) is 5.28. The van der Waals surface area contributed by atoms with E-state index in [1.807, 2.05) is 0 Å². The van der Waals surface area contributed by atoms with Crippen LogP contribution in [0.25, 0.3) is 0 Å². The van der Waals surface area contributed by atoms with Crippen LogP contribution in [0.1, 0.15) is 24.2 Å². The summed E-state index contributed by atoms with van der Waals surface area (Å²) in [7, 11) is -2.25. The number of hydrogen-bond acceptors (Lipinski definition) is 5. The smallest absolute Gasteiger partial charge is 0.233 e. The van der Waals surface area contributed by atoms with Gasteiger partial charge in [-0.05, 0) is 31.2 Å². The topological polar surface area (TPSA) is 102 Å². The molecule has 0 aliphatic heterocycles. The number of carbonyl (C=O) groups is 2. The Labute approximate surface area is 158 Å². The van der Waals surface area contributed by atoms with Gasteiger partial charge in [-0.15, -0.1) is 0 Å². The van der Waals surface area contributed by atoms with E-state index in [1.54, 1.807) is 48.5 Å². The summed E-state index contributed by atoms with van der Waals surface area (Å²) in [5, 5.41) is 2.64. The molecule has 0 bridgehead atoms. The van der Waals surface area contributed by atoms with Gasteiger partial charge in [-0.25, -0.2) is 8.42 Å². The van der Waals surface area contributed by atoms with Crippen molar-refractivity contribution in [2.45, 2.75) is 13.8 Å². The number of anilines is 2. The molecule has 0 heterocycles. The average molecular weight is 390 g/mol. The molecule has 2 N–H and O–H groups in total. The minimum absolute atomic E-state index is 0.121. The number of ketones is 1. The van der Waals surface area contributed by atoms with Crippen LogP contribution in [-0.2, 0) is 14.8 Å². The lowest BCUT2D eigenvalue weighted by Gasteiger charge is -2.14. The Balaban J connectivity index is 2.01. The number of benzene rings is 2. The Hall–Kier alpha value is -2.87. The van der Waals surface area contributed by atoms with Crippen LogP contribution in [0, 0.1) is 5.92 Å². The minimum atomic E-state index is -3.74. The van der Waals surface area contributed by atoms with Gasteiger partial charge in [0.2, 0.25) is 15.9 Å². The zero-order chi connectivity index (χ0) is 20.0. The van der Waals surface area contributed by atoms with Crippen molar-refractivity contribution in [1.82, 2.24) is 0 Å². The predicted molar refractivity (Wildman–Crippen MR) is 105 cm³/mol. The molecule has 0 spiro atoms. The van der Waals surface area contributed by atoms with Crippen LogP contribution in [0.4, 0.5) is 11.4 Å². The van der Waals surface area contributed by atoms with Crippen LogP contribution in [0.15, 0.2) is 48.5 Å². The van der Waals surface area contributed by atoms with Crippen LogP contribution >= 0.6 is 0 Å². The van der Waals surface area contributed by atoms with Crippen LogP contribution in [0.2, 0.25) is 0 Å². The van der Waals surface area contributed by atoms with Gasteiger partial charge in [0.15, 0.2) is 5.78 Å². The Morgan fingerprint density at radius 3 is 2.41 bits per heavy atom. The van der Waals surface area contributed by atoms with Gasteiger partial charge in [0.25, 0.3) is 0 Å². The van der Waals surface area contributed by atoms with Crippen molar-refractivity contribution in [3.63, 3.8) is 0 Å². The lowest BCUT2D eigenvalue weighted by molar-refractivity contribution is -0.118. The number of amides is 1. The second-order valence-corrected chi connectivity index (χ2v) is 7.91. The Bertz CT molecular complexity index is 941. The summed E-state index contributed by atoms with van der Waals surface area (Å²) in [5.41, 5.74) is 1.27. The van der Waals surface area contributed by atoms with Gasteiger partial charge in [0.1, 0.15) is 5.75 Å². The zero-order valence-corrected chi connectivity index (χ0v) is 16.2. The molecule has 144 valence electrons. The summed E-state index contributed by atoms with van der Waals surface area (Å²) in [5.74, 6) is -1.24. The number of Topliss-reactive ketones (excluding diaryl/α,β-unsaturated/α-hetero) is 1. The van der Waals surface area contributed by atoms with Crippen molar-refractivity contribution in [3.05, 3.63) is 54.1 Å². The molecule has 2 aromatic carbocycles. The van der Waals surface area contributed by atoms with E-state index in [0.29, 0.717) is 22.7 Å². The van der Waals surface area contributed by atoms with Crippen LogP contribution < -0.4 is 14.8 Å². The molecule has 1 unspecified atom stereocenters. The fourth-order valence-corrected chi connectivity index (χ4v) is 3.77. The minimum Gasteiger partial charge on any atom is -0.497 e. The maximum absolute atomic E-state index is 12.3. The summed E-state index contributed by atoms with van der Waals surface area (Å²) >= 11 is 0. The van der Waals surface area contributed by atoms with E-state index in [9.17, 15) is 18.0 Å². The third kappa shape index (κ3) is 6.10. The van der Waals surface area contributed by atoms with Crippen LogP contribution in [0.5, 0.6) is 5.75 Å². The largest absolute Gasteiger partial charge is 0.497 e. The number of rotatable bonds is 8. The number of nitrogens with one attached hydrogen (secondary N) is 2. The Kier molecular flexibility index (Phi) is 6.57. The average Bonchev–Trinajstić information content (AvgIpc) is 2.61. The highest BCUT2D eigenvalue weighted by Gasteiger charge is 2.22. The first-order chi connectivity index (χ1) is 12.7.